The molecule has 0 heterocycles. The summed E-state index contributed by atoms with van der Waals surface area (Å²) in [5.74, 6) is 0. The average Bonchev–Trinajstić information content (AvgIpc) is 2.09. The van der Waals surface area contributed by atoms with Gasteiger partial charge in [0.2, 0.25) is 0 Å². The largest absolute Gasteiger partial charge is 0.444 e. The summed E-state index contributed by atoms with van der Waals surface area (Å²) in [4.78, 5) is 11.5. The topological polar surface area (TPSA) is 47.6 Å². The molecule has 1 atom stereocenters. The minimum absolute atomic E-state index is 0.134. The summed E-state index contributed by atoms with van der Waals surface area (Å²) >= 11 is 0. The Morgan fingerprint density at radius 2 is 1.68 bits per heavy atom. The molecule has 1 N–H and O–H groups in total. The van der Waals surface area contributed by atoms with E-state index in [0.29, 0.717) is 6.54 Å². The summed E-state index contributed by atoms with van der Waals surface area (Å²) in [6, 6.07) is 0. The molecule has 0 spiro atoms. The number of nitrogens with one attached hydrogen (secondary N) is 1. The molecule has 19 heavy (non-hydrogen) atoms. The Morgan fingerprint density at radius 3 is 2.05 bits per heavy atom. The van der Waals surface area contributed by atoms with Crippen LogP contribution in [0.15, 0.2) is 0 Å². The molecule has 4 nitrogen and oxygen atoms in total. The summed E-state index contributed by atoms with van der Waals surface area (Å²) in [6.45, 7) is 20.7. The lowest BCUT2D eigenvalue weighted by atomic mass is 10.2. The Bertz CT molecular complexity index is 303. The zero-order chi connectivity index (χ0) is 15.5. The molecule has 0 saturated carbocycles. The van der Waals surface area contributed by atoms with E-state index in [0.717, 1.165) is 0 Å². The number of ether oxygens (including phenoxy) is 1. The SMILES string of the molecule is [CH2][C@H](CNC(=O)OC(C)(C)C)O[Si](C)(C)C(C)(C)C. The third-order valence-electron chi connectivity index (χ3n) is 3.14. The molecular weight excluding hydrogens is 258 g/mol. The molecular formula is C14H30NO3Si. The van der Waals surface area contributed by atoms with Gasteiger partial charge < -0.3 is 14.5 Å². The van der Waals surface area contributed by atoms with Crippen molar-refractivity contribution < 1.29 is 14.0 Å². The molecule has 113 valence electrons. The van der Waals surface area contributed by atoms with Gasteiger partial charge in [-0.2, -0.15) is 0 Å². The van der Waals surface area contributed by atoms with E-state index in [9.17, 15) is 4.79 Å². The zero-order valence-electron chi connectivity index (χ0n) is 13.7. The summed E-state index contributed by atoms with van der Waals surface area (Å²) in [5.41, 5.74) is -0.485. The van der Waals surface area contributed by atoms with Crippen molar-refractivity contribution in [3.05, 3.63) is 6.92 Å². The van der Waals surface area contributed by atoms with Gasteiger partial charge in [-0.25, -0.2) is 4.79 Å². The first kappa shape index (κ1) is 18.4. The lowest BCUT2D eigenvalue weighted by molar-refractivity contribution is 0.0507. The minimum atomic E-state index is -1.84. The van der Waals surface area contributed by atoms with Crippen LogP contribution >= 0.6 is 0 Å². The molecule has 0 unspecified atom stereocenters. The first-order chi connectivity index (χ1) is 8.24. The van der Waals surface area contributed by atoms with Gasteiger partial charge in [-0.3, -0.25) is 0 Å². The highest BCUT2D eigenvalue weighted by atomic mass is 28.4. The average molecular weight is 288 g/mol. The van der Waals surface area contributed by atoms with E-state index < -0.39 is 20.0 Å². The molecule has 1 radical (unpaired) electrons. The Balaban J connectivity index is 4.21. The van der Waals surface area contributed by atoms with Gasteiger partial charge in [0.15, 0.2) is 8.32 Å². The number of carbonyl (C=O) groups excluding carboxylic acids is 1. The van der Waals surface area contributed by atoms with Gasteiger partial charge in [0, 0.05) is 6.54 Å². The van der Waals surface area contributed by atoms with Crippen molar-refractivity contribution in [1.29, 1.82) is 0 Å². The number of carbonyl (C=O) groups is 1. The van der Waals surface area contributed by atoms with Crippen LogP contribution in [0.2, 0.25) is 18.1 Å². The smallest absolute Gasteiger partial charge is 0.407 e. The second-order valence-corrected chi connectivity index (χ2v) is 12.1. The van der Waals surface area contributed by atoms with Gasteiger partial charge in [-0.15, -0.1) is 0 Å². The predicted molar refractivity (Wildman–Crippen MR) is 81.7 cm³/mol. The molecule has 0 bridgehead atoms. The Labute approximate surface area is 119 Å². The van der Waals surface area contributed by atoms with Crippen molar-refractivity contribution in [3.63, 3.8) is 0 Å². The predicted octanol–water partition coefficient (Wildman–Crippen LogP) is 3.74. The minimum Gasteiger partial charge on any atom is -0.444 e. The lowest BCUT2D eigenvalue weighted by Gasteiger charge is -2.38. The molecule has 0 aliphatic rings. The maximum absolute atomic E-state index is 11.5. The van der Waals surface area contributed by atoms with E-state index in [2.05, 4.69) is 46.1 Å². The Hall–Kier alpha value is -0.553. The highest BCUT2D eigenvalue weighted by molar-refractivity contribution is 6.74. The number of alkyl carbamates (subject to hydrolysis) is 1. The van der Waals surface area contributed by atoms with Gasteiger partial charge >= 0.3 is 6.09 Å². The maximum atomic E-state index is 11.5. The highest BCUT2D eigenvalue weighted by Gasteiger charge is 2.38. The second-order valence-electron chi connectivity index (χ2n) is 7.38. The van der Waals surface area contributed by atoms with Gasteiger partial charge in [0.05, 0.1) is 6.10 Å². The van der Waals surface area contributed by atoms with Crippen LogP contribution in [0.1, 0.15) is 41.5 Å². The maximum Gasteiger partial charge on any atom is 0.407 e. The van der Waals surface area contributed by atoms with Crippen molar-refractivity contribution >= 4 is 14.4 Å². The fourth-order valence-electron chi connectivity index (χ4n) is 1.15. The fourth-order valence-corrected chi connectivity index (χ4v) is 2.42. The second kappa shape index (κ2) is 6.26. The van der Waals surface area contributed by atoms with Crippen LogP contribution in [0.5, 0.6) is 0 Å². The van der Waals surface area contributed by atoms with E-state index in [4.69, 9.17) is 9.16 Å². The van der Waals surface area contributed by atoms with Gasteiger partial charge in [-0.05, 0) is 45.8 Å². The normalized spacial score (nSPS) is 15.0. The van der Waals surface area contributed by atoms with Crippen LogP contribution in [0.3, 0.4) is 0 Å². The van der Waals surface area contributed by atoms with Crippen molar-refractivity contribution in [3.8, 4) is 0 Å². The molecule has 0 rings (SSSR count). The van der Waals surface area contributed by atoms with E-state index >= 15 is 0 Å². The van der Waals surface area contributed by atoms with Crippen LogP contribution in [0, 0.1) is 6.92 Å². The molecule has 1 amide bonds. The van der Waals surface area contributed by atoms with Crippen molar-refractivity contribution in [2.75, 3.05) is 6.54 Å². The van der Waals surface area contributed by atoms with Gasteiger partial charge in [0.25, 0.3) is 0 Å². The first-order valence-electron chi connectivity index (χ1n) is 6.72. The highest BCUT2D eigenvalue weighted by Crippen LogP contribution is 2.37. The zero-order valence-corrected chi connectivity index (χ0v) is 14.7. The third-order valence-corrected chi connectivity index (χ3v) is 7.68. The van der Waals surface area contributed by atoms with Crippen molar-refractivity contribution in [2.45, 2.75) is 71.4 Å². The quantitative estimate of drug-likeness (QED) is 0.802. The van der Waals surface area contributed by atoms with Crippen LogP contribution < -0.4 is 5.32 Å². The fraction of sp³-hybridized carbons (Fsp3) is 0.857. The number of rotatable bonds is 4. The van der Waals surface area contributed by atoms with E-state index in [1.165, 1.54) is 0 Å². The molecule has 0 aromatic rings. The Morgan fingerprint density at radius 1 is 1.21 bits per heavy atom. The summed E-state index contributed by atoms with van der Waals surface area (Å²) in [6.07, 6.45) is -0.687. The molecule has 0 fully saturated rings. The van der Waals surface area contributed by atoms with Gasteiger partial charge in [0.1, 0.15) is 5.60 Å². The molecule has 0 aromatic heterocycles. The first-order valence-corrected chi connectivity index (χ1v) is 9.63. The molecule has 5 heteroatoms. The van der Waals surface area contributed by atoms with E-state index in [1.807, 2.05) is 20.8 Å². The van der Waals surface area contributed by atoms with Gasteiger partial charge in [-0.1, -0.05) is 20.8 Å². The third kappa shape index (κ3) is 7.57. The number of amides is 1. The van der Waals surface area contributed by atoms with E-state index in [1.54, 1.807) is 0 Å². The van der Waals surface area contributed by atoms with Crippen molar-refractivity contribution in [2.24, 2.45) is 0 Å². The lowest BCUT2D eigenvalue weighted by Crippen LogP contribution is -2.46. The standard InChI is InChI=1S/C14H30NO3Si/c1-11(18-19(8,9)14(5,6)7)10-15-12(16)17-13(2,3)4/h11H,1,10H2,2-9H3,(H,15,16)/t11-/m1/s1. The van der Waals surface area contributed by atoms with Crippen LogP contribution in [0.25, 0.3) is 0 Å². The molecule has 0 saturated heterocycles. The summed E-state index contributed by atoms with van der Waals surface area (Å²) in [5, 5.41) is 2.82. The summed E-state index contributed by atoms with van der Waals surface area (Å²) < 4.78 is 11.2. The Kier molecular flexibility index (Phi) is 6.08. The molecule has 0 aromatic carbocycles. The monoisotopic (exact) mass is 288 g/mol. The van der Waals surface area contributed by atoms with Crippen LogP contribution in [-0.2, 0) is 9.16 Å². The summed E-state index contributed by atoms with van der Waals surface area (Å²) in [7, 11) is -1.84. The van der Waals surface area contributed by atoms with Crippen LogP contribution in [-0.4, -0.2) is 32.7 Å². The van der Waals surface area contributed by atoms with Crippen LogP contribution in [0.4, 0.5) is 4.79 Å². The van der Waals surface area contributed by atoms with Crippen molar-refractivity contribution in [1.82, 2.24) is 5.32 Å². The molecule has 0 aliphatic heterocycles. The van der Waals surface area contributed by atoms with E-state index in [-0.39, 0.29) is 11.1 Å². The number of hydrogen-bond acceptors (Lipinski definition) is 3. The number of hydrogen-bond donors (Lipinski definition) is 1. The molecule has 0 aliphatic carbocycles.